The minimum atomic E-state index is -0.270. The van der Waals surface area contributed by atoms with E-state index in [1.807, 2.05) is 12.1 Å². The van der Waals surface area contributed by atoms with Crippen molar-refractivity contribution in [2.24, 2.45) is 5.41 Å². The number of allylic oxidation sites excluding steroid dienone is 8. The van der Waals surface area contributed by atoms with Crippen LogP contribution in [0.3, 0.4) is 0 Å². The minimum Gasteiger partial charge on any atom is -1.00 e. The zero-order chi connectivity index (χ0) is 36.2. The predicted molar refractivity (Wildman–Crippen MR) is 206 cm³/mol. The van der Waals surface area contributed by atoms with Crippen LogP contribution in [-0.4, -0.2) is 3.21 Å². The van der Waals surface area contributed by atoms with Gasteiger partial charge >= 0.3 is 108 Å². The molecule has 3 aliphatic carbocycles. The molecule has 0 heterocycles. The first kappa shape index (κ1) is 41.7. The summed E-state index contributed by atoms with van der Waals surface area (Å²) in [5.41, 5.74) is 12.3. The Morgan fingerprint density at radius 2 is 1.15 bits per heavy atom. The van der Waals surface area contributed by atoms with Crippen LogP contribution >= 0.6 is 0 Å². The molecule has 0 spiro atoms. The molecule has 0 bridgehead atoms. The molecule has 5 aromatic carbocycles. The SMILES string of the molecule is CC(C)(C)C1=CC[C-]=C1.CC1=CC(C)(C)c2cc3[cH-]c4cc5c(cc4c3cc21)C(C)=CC5(C)C.Fc1cccc([C](=[Zr+2])c2cccc(F)c2)c1.[Cl-].[Cl-]. The van der Waals surface area contributed by atoms with E-state index in [1.54, 1.807) is 12.1 Å². The standard InChI is InChI=1S/C25H25.C13H8F2.C9H13.2ClH.Zr/c1-14-12-24(3,4)22-8-16-7-17-9-23-19(15(2)13-25(23,5)6)11-21(17)20(16)10-18(14)22;14-12-5-1-3-10(8-12)7-11-4-2-6-13(15)9-11;1-9(2,3)8-6-4-5-7-8;;;/h7-13H,1-6H3;1-6,8-9H;6-7H,4H2,1-3H3;2*1H;/q-1;;-1;;;+2/p-2. The Morgan fingerprint density at radius 3 is 1.50 bits per heavy atom. The smallest absolute Gasteiger partial charge is 1.00 e. The maximum Gasteiger partial charge on any atom is -1.00 e. The molecule has 0 nitrogen and oxygen atoms in total. The molecule has 0 saturated heterocycles. The van der Waals surface area contributed by atoms with Crippen molar-refractivity contribution in [3.8, 4) is 0 Å². The average molecular weight is 811 g/mol. The van der Waals surface area contributed by atoms with Gasteiger partial charge in [-0.1, -0.05) is 89.3 Å². The first-order valence-corrected chi connectivity index (χ1v) is 18.7. The first-order valence-electron chi connectivity index (χ1n) is 17.4. The van der Waals surface area contributed by atoms with Crippen molar-refractivity contribution in [3.63, 3.8) is 0 Å². The maximum atomic E-state index is 13.0. The fraction of sp³-hybridized carbons (Fsp3) is 0.277. The molecule has 5 aromatic rings. The van der Waals surface area contributed by atoms with Crippen LogP contribution in [0.4, 0.5) is 8.78 Å². The molecule has 268 valence electrons. The van der Waals surface area contributed by atoms with E-state index in [9.17, 15) is 8.78 Å². The summed E-state index contributed by atoms with van der Waals surface area (Å²) in [6.07, 6.45) is 13.3. The Labute approximate surface area is 336 Å². The monoisotopic (exact) mass is 808 g/mol. The molecule has 0 radical (unpaired) electrons. The summed E-state index contributed by atoms with van der Waals surface area (Å²) >= 11 is 1.13. The minimum absolute atomic E-state index is 0. The zero-order valence-electron chi connectivity index (χ0n) is 31.5. The van der Waals surface area contributed by atoms with Gasteiger partial charge in [-0.3, -0.25) is 6.08 Å². The number of hydrogen-bond acceptors (Lipinski definition) is 0. The fourth-order valence-corrected chi connectivity index (χ4v) is 8.36. The van der Waals surface area contributed by atoms with Gasteiger partial charge in [0, 0.05) is 10.8 Å². The number of rotatable bonds is 2. The Morgan fingerprint density at radius 1 is 0.712 bits per heavy atom. The van der Waals surface area contributed by atoms with Crippen LogP contribution in [0, 0.1) is 23.1 Å². The normalized spacial score (nSPS) is 15.9. The predicted octanol–water partition coefficient (Wildman–Crippen LogP) is 6.91. The number of fused-ring (bicyclic) bond motifs is 5. The molecular weight excluding hydrogens is 765 g/mol. The van der Waals surface area contributed by atoms with Crippen molar-refractivity contribution in [2.45, 2.75) is 79.6 Å². The van der Waals surface area contributed by atoms with Crippen LogP contribution in [0.1, 0.15) is 102 Å². The van der Waals surface area contributed by atoms with Gasteiger partial charge in [-0.15, -0.1) is 46.2 Å². The van der Waals surface area contributed by atoms with E-state index in [0.717, 1.165) is 45.0 Å². The second-order valence-electron chi connectivity index (χ2n) is 16.1. The number of benzene rings is 4. The van der Waals surface area contributed by atoms with Gasteiger partial charge in [0.1, 0.15) is 0 Å². The molecular formula is C47H46Cl2F2Zr-2. The van der Waals surface area contributed by atoms with Crippen LogP contribution in [-0.2, 0) is 35.1 Å². The molecule has 0 aromatic heterocycles. The van der Waals surface area contributed by atoms with Crippen LogP contribution in [0.15, 0.2) is 109 Å². The van der Waals surface area contributed by atoms with Gasteiger partial charge in [-0.05, 0) is 36.1 Å². The van der Waals surface area contributed by atoms with Crippen molar-refractivity contribution < 1.29 is 57.8 Å². The fourth-order valence-electron chi connectivity index (χ4n) is 7.59. The van der Waals surface area contributed by atoms with E-state index in [4.69, 9.17) is 0 Å². The Hall–Kier alpha value is -3.10. The van der Waals surface area contributed by atoms with Crippen molar-refractivity contribution in [1.82, 2.24) is 0 Å². The van der Waals surface area contributed by atoms with Crippen LogP contribution in [0.5, 0.6) is 0 Å². The van der Waals surface area contributed by atoms with Crippen LogP contribution < -0.4 is 24.8 Å². The van der Waals surface area contributed by atoms with E-state index in [0.29, 0.717) is 5.41 Å². The van der Waals surface area contributed by atoms with Gasteiger partial charge in [0.05, 0.1) is 0 Å². The molecule has 0 saturated carbocycles. The third-order valence-corrected chi connectivity index (χ3v) is 11.6. The van der Waals surface area contributed by atoms with Crippen LogP contribution in [0.25, 0.3) is 32.7 Å². The molecule has 5 heteroatoms. The average Bonchev–Trinajstić information content (AvgIpc) is 3.80. The van der Waals surface area contributed by atoms with Gasteiger partial charge < -0.3 is 24.8 Å². The van der Waals surface area contributed by atoms with E-state index >= 15 is 0 Å². The van der Waals surface area contributed by atoms with Crippen molar-refractivity contribution in [1.29, 1.82) is 0 Å². The van der Waals surface area contributed by atoms with Gasteiger partial charge in [-0.2, -0.15) is 11.6 Å². The van der Waals surface area contributed by atoms with E-state index in [1.165, 1.54) is 84.8 Å². The summed E-state index contributed by atoms with van der Waals surface area (Å²) in [6.45, 7) is 20.5. The second kappa shape index (κ2) is 15.7. The molecule has 0 amide bonds. The van der Waals surface area contributed by atoms with Crippen molar-refractivity contribution in [3.05, 3.63) is 160 Å². The molecule has 0 N–H and O–H groups in total. The van der Waals surface area contributed by atoms with Crippen LogP contribution in [0.2, 0.25) is 0 Å². The summed E-state index contributed by atoms with van der Waals surface area (Å²) in [7, 11) is 0. The van der Waals surface area contributed by atoms with Crippen molar-refractivity contribution in [2.75, 3.05) is 0 Å². The van der Waals surface area contributed by atoms with E-state index < -0.39 is 0 Å². The summed E-state index contributed by atoms with van der Waals surface area (Å²) in [4.78, 5) is 0. The molecule has 0 fully saturated rings. The van der Waals surface area contributed by atoms with Gasteiger partial charge in [-0.25, -0.2) is 6.08 Å². The van der Waals surface area contributed by atoms with Gasteiger partial charge in [0.15, 0.2) is 0 Å². The van der Waals surface area contributed by atoms with E-state index in [2.05, 4.69) is 123 Å². The third kappa shape index (κ3) is 8.49. The molecule has 52 heavy (non-hydrogen) atoms. The summed E-state index contributed by atoms with van der Waals surface area (Å²) in [5, 5.41) is 5.57. The first-order chi connectivity index (χ1) is 23.4. The molecule has 8 rings (SSSR count). The molecule has 0 aliphatic heterocycles. The summed E-state index contributed by atoms with van der Waals surface area (Å²) < 4.78 is 27.0. The van der Waals surface area contributed by atoms with Gasteiger partial charge in [0.2, 0.25) is 0 Å². The second-order valence-corrected chi connectivity index (χ2v) is 17.3. The quantitative estimate of drug-likeness (QED) is 0.170. The molecule has 0 unspecified atom stereocenters. The Bertz CT molecular complexity index is 2150. The maximum absolute atomic E-state index is 13.0. The molecule has 3 aliphatic rings. The molecule has 0 atom stereocenters. The number of hydrogen-bond donors (Lipinski definition) is 0. The Balaban J connectivity index is 0.000000193. The largest absolute Gasteiger partial charge is 1.00 e. The van der Waals surface area contributed by atoms with Crippen molar-refractivity contribution >= 4 is 35.9 Å². The Kier molecular flexibility index (Phi) is 12.6. The third-order valence-electron chi connectivity index (χ3n) is 10.2. The van der Waals surface area contributed by atoms with E-state index in [-0.39, 0.29) is 47.3 Å². The number of halogens is 4. The summed E-state index contributed by atoms with van der Waals surface area (Å²) in [5.74, 6) is -0.539. The summed E-state index contributed by atoms with van der Waals surface area (Å²) in [6, 6.07) is 24.8. The van der Waals surface area contributed by atoms with Gasteiger partial charge in [0.25, 0.3) is 0 Å². The topological polar surface area (TPSA) is 0 Å². The zero-order valence-corrected chi connectivity index (χ0v) is 35.5.